The smallest absolute Gasteiger partial charge is 0.271 e. The molecule has 0 bridgehead atoms. The van der Waals surface area contributed by atoms with E-state index in [0.717, 1.165) is 19.3 Å². The molecule has 0 aliphatic heterocycles. The SMILES string of the molecule is CCCCCOc1ccccc1C(=O)Nc1cc([N+](=O)[O-])ccc1OC. The Labute approximate surface area is 152 Å². The van der Waals surface area contributed by atoms with Crippen molar-refractivity contribution in [2.75, 3.05) is 19.0 Å². The molecule has 0 fully saturated rings. The number of non-ortho nitro benzene ring substituents is 1. The standard InChI is InChI=1S/C19H22N2O5/c1-3-4-7-12-26-17-9-6-5-8-15(17)19(22)20-16-13-14(21(23)24)10-11-18(16)25-2/h5-6,8-11,13H,3-4,7,12H2,1-2H3,(H,20,22). The van der Waals surface area contributed by atoms with Crippen molar-refractivity contribution in [2.24, 2.45) is 0 Å². The summed E-state index contributed by atoms with van der Waals surface area (Å²) < 4.78 is 10.9. The molecule has 1 amide bonds. The van der Waals surface area contributed by atoms with Gasteiger partial charge < -0.3 is 14.8 Å². The molecule has 7 nitrogen and oxygen atoms in total. The lowest BCUT2D eigenvalue weighted by molar-refractivity contribution is -0.384. The number of nitro groups is 1. The van der Waals surface area contributed by atoms with Gasteiger partial charge in [0.05, 0.1) is 29.9 Å². The fraction of sp³-hybridized carbons (Fsp3) is 0.316. The highest BCUT2D eigenvalue weighted by molar-refractivity contribution is 6.07. The molecular weight excluding hydrogens is 336 g/mol. The number of anilines is 1. The quantitative estimate of drug-likeness (QED) is 0.407. The van der Waals surface area contributed by atoms with Crippen LogP contribution in [0.1, 0.15) is 36.5 Å². The van der Waals surface area contributed by atoms with E-state index in [-0.39, 0.29) is 11.4 Å². The van der Waals surface area contributed by atoms with Crippen molar-refractivity contribution in [3.8, 4) is 11.5 Å². The highest BCUT2D eigenvalue weighted by atomic mass is 16.6. The number of amides is 1. The van der Waals surface area contributed by atoms with E-state index in [1.807, 2.05) is 0 Å². The van der Waals surface area contributed by atoms with Crippen LogP contribution in [0.5, 0.6) is 11.5 Å². The van der Waals surface area contributed by atoms with Gasteiger partial charge in [-0.15, -0.1) is 0 Å². The molecule has 0 heterocycles. The van der Waals surface area contributed by atoms with Crippen molar-refractivity contribution in [3.63, 3.8) is 0 Å². The molecular formula is C19H22N2O5. The van der Waals surface area contributed by atoms with Gasteiger partial charge in [0.1, 0.15) is 11.5 Å². The highest BCUT2D eigenvalue weighted by Gasteiger charge is 2.17. The number of ether oxygens (including phenoxy) is 2. The van der Waals surface area contributed by atoms with E-state index in [2.05, 4.69) is 12.2 Å². The number of nitrogens with one attached hydrogen (secondary N) is 1. The Morgan fingerprint density at radius 1 is 1.15 bits per heavy atom. The highest BCUT2D eigenvalue weighted by Crippen LogP contribution is 2.30. The first-order valence-corrected chi connectivity index (χ1v) is 8.42. The van der Waals surface area contributed by atoms with Crippen LogP contribution in [-0.2, 0) is 0 Å². The molecule has 7 heteroatoms. The number of unbranched alkanes of at least 4 members (excludes halogenated alkanes) is 2. The Morgan fingerprint density at radius 3 is 2.62 bits per heavy atom. The fourth-order valence-corrected chi connectivity index (χ4v) is 2.41. The number of methoxy groups -OCH3 is 1. The molecule has 0 spiro atoms. The van der Waals surface area contributed by atoms with Crippen LogP contribution in [0, 0.1) is 10.1 Å². The maximum Gasteiger partial charge on any atom is 0.271 e. The van der Waals surface area contributed by atoms with Gasteiger partial charge in [0, 0.05) is 12.1 Å². The minimum Gasteiger partial charge on any atom is -0.495 e. The zero-order valence-corrected chi connectivity index (χ0v) is 14.9. The summed E-state index contributed by atoms with van der Waals surface area (Å²) in [7, 11) is 1.43. The number of carbonyl (C=O) groups excluding carboxylic acids is 1. The van der Waals surface area contributed by atoms with Crippen LogP contribution in [0.15, 0.2) is 42.5 Å². The summed E-state index contributed by atoms with van der Waals surface area (Å²) in [5, 5.41) is 13.6. The number of nitro benzene ring substituents is 1. The normalized spacial score (nSPS) is 10.2. The Hall–Kier alpha value is -3.09. The second-order valence-electron chi connectivity index (χ2n) is 5.65. The number of hydrogen-bond donors (Lipinski definition) is 1. The molecule has 0 unspecified atom stereocenters. The van der Waals surface area contributed by atoms with Crippen molar-refractivity contribution in [1.82, 2.24) is 0 Å². The molecule has 0 aliphatic carbocycles. The van der Waals surface area contributed by atoms with Crippen LogP contribution < -0.4 is 14.8 Å². The minimum absolute atomic E-state index is 0.134. The third kappa shape index (κ3) is 4.95. The number of nitrogens with zero attached hydrogens (tertiary/aromatic N) is 1. The van der Waals surface area contributed by atoms with E-state index in [1.165, 1.54) is 25.3 Å². The molecule has 1 N–H and O–H groups in total. The third-order valence-corrected chi connectivity index (χ3v) is 3.78. The number of carbonyl (C=O) groups is 1. The zero-order valence-electron chi connectivity index (χ0n) is 14.9. The average molecular weight is 358 g/mol. The predicted molar refractivity (Wildman–Crippen MR) is 99.1 cm³/mol. The first-order chi connectivity index (χ1) is 12.6. The summed E-state index contributed by atoms with van der Waals surface area (Å²) in [6.07, 6.45) is 3.04. The number of para-hydroxylation sites is 1. The fourth-order valence-electron chi connectivity index (χ4n) is 2.41. The molecule has 138 valence electrons. The summed E-state index contributed by atoms with van der Waals surface area (Å²) in [6, 6.07) is 10.9. The van der Waals surface area contributed by atoms with Crippen LogP contribution in [0.25, 0.3) is 0 Å². The van der Waals surface area contributed by atoms with Gasteiger partial charge >= 0.3 is 0 Å². The van der Waals surface area contributed by atoms with Gasteiger partial charge in [-0.1, -0.05) is 31.9 Å². The van der Waals surface area contributed by atoms with Gasteiger partial charge in [-0.05, 0) is 24.6 Å². The monoisotopic (exact) mass is 358 g/mol. The predicted octanol–water partition coefficient (Wildman–Crippen LogP) is 4.42. The van der Waals surface area contributed by atoms with Crippen molar-refractivity contribution < 1.29 is 19.2 Å². The average Bonchev–Trinajstić information content (AvgIpc) is 2.65. The lowest BCUT2D eigenvalue weighted by Crippen LogP contribution is -2.14. The Bertz CT molecular complexity index is 776. The third-order valence-electron chi connectivity index (χ3n) is 3.78. The summed E-state index contributed by atoms with van der Waals surface area (Å²) in [5.74, 6) is 0.394. The van der Waals surface area contributed by atoms with E-state index < -0.39 is 10.8 Å². The summed E-state index contributed by atoms with van der Waals surface area (Å²) in [6.45, 7) is 2.63. The maximum atomic E-state index is 12.7. The second kappa shape index (κ2) is 9.41. The topological polar surface area (TPSA) is 90.7 Å². The molecule has 26 heavy (non-hydrogen) atoms. The first kappa shape index (κ1) is 19.2. The Morgan fingerprint density at radius 2 is 1.92 bits per heavy atom. The van der Waals surface area contributed by atoms with Crippen molar-refractivity contribution in [2.45, 2.75) is 26.2 Å². The Kier molecular flexibility index (Phi) is 6.96. The molecule has 0 saturated carbocycles. The minimum atomic E-state index is -0.528. The molecule has 0 saturated heterocycles. The number of hydrogen-bond acceptors (Lipinski definition) is 5. The van der Waals surface area contributed by atoms with E-state index in [1.54, 1.807) is 24.3 Å². The maximum absolute atomic E-state index is 12.7. The van der Waals surface area contributed by atoms with Crippen LogP contribution in [0.4, 0.5) is 11.4 Å². The Balaban J connectivity index is 2.20. The van der Waals surface area contributed by atoms with Crippen molar-refractivity contribution in [3.05, 3.63) is 58.1 Å². The van der Waals surface area contributed by atoms with E-state index in [9.17, 15) is 14.9 Å². The van der Waals surface area contributed by atoms with Gasteiger partial charge in [0.15, 0.2) is 0 Å². The largest absolute Gasteiger partial charge is 0.495 e. The lowest BCUT2D eigenvalue weighted by atomic mass is 10.1. The van der Waals surface area contributed by atoms with E-state index in [4.69, 9.17) is 9.47 Å². The molecule has 2 aromatic carbocycles. The number of benzene rings is 2. The summed E-state index contributed by atoms with van der Waals surface area (Å²) in [4.78, 5) is 23.1. The van der Waals surface area contributed by atoms with Gasteiger partial charge in [0.2, 0.25) is 0 Å². The molecule has 2 rings (SSSR count). The summed E-state index contributed by atoms with van der Waals surface area (Å²) in [5.41, 5.74) is 0.454. The molecule has 0 aliphatic rings. The molecule has 2 aromatic rings. The number of rotatable bonds is 9. The van der Waals surface area contributed by atoms with Crippen molar-refractivity contribution >= 4 is 17.3 Å². The van der Waals surface area contributed by atoms with Gasteiger partial charge in [-0.2, -0.15) is 0 Å². The van der Waals surface area contributed by atoms with Gasteiger partial charge in [-0.25, -0.2) is 0 Å². The summed E-state index contributed by atoms with van der Waals surface area (Å²) >= 11 is 0. The van der Waals surface area contributed by atoms with E-state index in [0.29, 0.717) is 23.7 Å². The van der Waals surface area contributed by atoms with Crippen LogP contribution >= 0.6 is 0 Å². The zero-order chi connectivity index (χ0) is 18.9. The van der Waals surface area contributed by atoms with Crippen LogP contribution in [-0.4, -0.2) is 24.5 Å². The lowest BCUT2D eigenvalue weighted by Gasteiger charge is -2.13. The van der Waals surface area contributed by atoms with Gasteiger partial charge in [0.25, 0.3) is 11.6 Å². The first-order valence-electron chi connectivity index (χ1n) is 8.42. The van der Waals surface area contributed by atoms with Gasteiger partial charge in [-0.3, -0.25) is 14.9 Å². The van der Waals surface area contributed by atoms with Crippen LogP contribution in [0.2, 0.25) is 0 Å². The second-order valence-corrected chi connectivity index (χ2v) is 5.65. The van der Waals surface area contributed by atoms with Crippen LogP contribution in [0.3, 0.4) is 0 Å². The molecule has 0 radical (unpaired) electrons. The van der Waals surface area contributed by atoms with E-state index >= 15 is 0 Å². The molecule has 0 atom stereocenters. The molecule has 0 aromatic heterocycles. The van der Waals surface area contributed by atoms with Crippen molar-refractivity contribution in [1.29, 1.82) is 0 Å².